The highest BCUT2D eigenvalue weighted by Crippen LogP contribution is 2.20. The van der Waals surface area contributed by atoms with Gasteiger partial charge in [0.1, 0.15) is 0 Å². The Hall–Kier alpha value is -1.62. The zero-order chi connectivity index (χ0) is 13.1. The summed E-state index contributed by atoms with van der Waals surface area (Å²) in [6, 6.07) is 5.65. The number of nitrogens with zero attached hydrogens (tertiary/aromatic N) is 2. The predicted molar refractivity (Wildman–Crippen MR) is 73.3 cm³/mol. The molecule has 1 aromatic heterocycles. The number of halogens is 1. The summed E-state index contributed by atoms with van der Waals surface area (Å²) >= 11 is 3.44. The van der Waals surface area contributed by atoms with Gasteiger partial charge in [0, 0.05) is 35.4 Å². The quantitative estimate of drug-likeness (QED) is 0.948. The maximum atomic E-state index is 12.3. The van der Waals surface area contributed by atoms with Crippen molar-refractivity contribution in [2.75, 3.05) is 7.05 Å². The standard InChI is InChI=1S/C13H14BrN3O/c1-9-11(4-3-5-12(9)14)13(18)17(2)8-10-6-15-16-7-10/h3-7H,8H2,1-2H3,(H,15,16). The molecule has 0 saturated heterocycles. The van der Waals surface area contributed by atoms with E-state index in [-0.39, 0.29) is 5.91 Å². The van der Waals surface area contributed by atoms with Crippen LogP contribution in [0, 0.1) is 6.92 Å². The SMILES string of the molecule is Cc1c(Br)cccc1C(=O)N(C)Cc1cn[nH]c1. The second kappa shape index (κ2) is 5.35. The third-order valence-corrected chi connectivity index (χ3v) is 3.68. The number of benzene rings is 1. The van der Waals surface area contributed by atoms with Crippen LogP contribution in [-0.4, -0.2) is 28.1 Å². The van der Waals surface area contributed by atoms with E-state index < -0.39 is 0 Å². The van der Waals surface area contributed by atoms with Gasteiger partial charge < -0.3 is 4.90 Å². The Morgan fingerprint density at radius 2 is 2.28 bits per heavy atom. The van der Waals surface area contributed by atoms with Crippen LogP contribution in [0.3, 0.4) is 0 Å². The van der Waals surface area contributed by atoms with Gasteiger partial charge in [-0.3, -0.25) is 9.89 Å². The van der Waals surface area contributed by atoms with Gasteiger partial charge in [0.2, 0.25) is 0 Å². The minimum atomic E-state index is 0.00926. The van der Waals surface area contributed by atoms with Gasteiger partial charge in [-0.1, -0.05) is 22.0 Å². The smallest absolute Gasteiger partial charge is 0.254 e. The zero-order valence-corrected chi connectivity index (χ0v) is 11.9. The number of H-pyrrole nitrogens is 1. The average molecular weight is 308 g/mol. The van der Waals surface area contributed by atoms with E-state index in [0.717, 1.165) is 21.2 Å². The maximum absolute atomic E-state index is 12.3. The lowest BCUT2D eigenvalue weighted by atomic mass is 10.1. The van der Waals surface area contributed by atoms with Crippen LogP contribution in [0.2, 0.25) is 0 Å². The van der Waals surface area contributed by atoms with Crippen molar-refractivity contribution < 1.29 is 4.79 Å². The van der Waals surface area contributed by atoms with E-state index in [2.05, 4.69) is 26.1 Å². The van der Waals surface area contributed by atoms with E-state index in [1.807, 2.05) is 25.1 Å². The summed E-state index contributed by atoms with van der Waals surface area (Å²) in [6.45, 7) is 2.48. The van der Waals surface area contributed by atoms with Crippen LogP contribution in [0.5, 0.6) is 0 Å². The molecule has 1 aromatic carbocycles. The molecule has 0 bridgehead atoms. The highest BCUT2D eigenvalue weighted by atomic mass is 79.9. The molecular weight excluding hydrogens is 294 g/mol. The molecule has 94 valence electrons. The van der Waals surface area contributed by atoms with Crippen LogP contribution in [0.25, 0.3) is 0 Å². The summed E-state index contributed by atoms with van der Waals surface area (Å²) in [5, 5.41) is 6.61. The highest BCUT2D eigenvalue weighted by Gasteiger charge is 2.15. The van der Waals surface area contributed by atoms with Gasteiger partial charge in [-0.15, -0.1) is 0 Å². The zero-order valence-electron chi connectivity index (χ0n) is 10.3. The number of hydrogen-bond donors (Lipinski definition) is 1. The molecule has 1 heterocycles. The van der Waals surface area contributed by atoms with Crippen molar-refractivity contribution in [1.29, 1.82) is 0 Å². The third-order valence-electron chi connectivity index (χ3n) is 2.82. The first-order valence-electron chi connectivity index (χ1n) is 5.58. The largest absolute Gasteiger partial charge is 0.337 e. The van der Waals surface area contributed by atoms with Crippen molar-refractivity contribution in [2.45, 2.75) is 13.5 Å². The number of carbonyl (C=O) groups is 1. The number of amides is 1. The van der Waals surface area contributed by atoms with Crippen molar-refractivity contribution in [1.82, 2.24) is 15.1 Å². The minimum Gasteiger partial charge on any atom is -0.337 e. The fourth-order valence-corrected chi connectivity index (χ4v) is 2.12. The van der Waals surface area contributed by atoms with Gasteiger partial charge in [0.05, 0.1) is 6.20 Å². The lowest BCUT2D eigenvalue weighted by Gasteiger charge is -2.17. The number of rotatable bonds is 3. The number of aromatic amines is 1. The molecule has 1 N–H and O–H groups in total. The summed E-state index contributed by atoms with van der Waals surface area (Å²) in [4.78, 5) is 14.0. The molecule has 18 heavy (non-hydrogen) atoms. The molecule has 0 fully saturated rings. The van der Waals surface area contributed by atoms with Crippen LogP contribution >= 0.6 is 15.9 Å². The van der Waals surface area contributed by atoms with Crippen LogP contribution in [0.4, 0.5) is 0 Å². The second-order valence-electron chi connectivity index (χ2n) is 4.18. The third kappa shape index (κ3) is 2.61. The van der Waals surface area contributed by atoms with Crippen LogP contribution in [0.15, 0.2) is 35.1 Å². The molecule has 1 amide bonds. The Morgan fingerprint density at radius 1 is 1.50 bits per heavy atom. The molecule has 0 spiro atoms. The van der Waals surface area contributed by atoms with Crippen molar-refractivity contribution in [3.63, 3.8) is 0 Å². The molecule has 0 atom stereocenters. The van der Waals surface area contributed by atoms with E-state index in [0.29, 0.717) is 6.54 Å². The minimum absolute atomic E-state index is 0.00926. The van der Waals surface area contributed by atoms with E-state index >= 15 is 0 Å². The summed E-state index contributed by atoms with van der Waals surface area (Å²) < 4.78 is 0.949. The molecule has 0 saturated carbocycles. The first-order valence-corrected chi connectivity index (χ1v) is 6.37. The topological polar surface area (TPSA) is 49.0 Å². The molecule has 0 unspecified atom stereocenters. The van der Waals surface area contributed by atoms with Crippen LogP contribution in [-0.2, 0) is 6.54 Å². The first kappa shape index (κ1) is 12.8. The fourth-order valence-electron chi connectivity index (χ4n) is 1.75. The van der Waals surface area contributed by atoms with E-state index in [9.17, 15) is 4.79 Å². The van der Waals surface area contributed by atoms with Gasteiger partial charge in [-0.2, -0.15) is 5.10 Å². The Morgan fingerprint density at radius 3 is 2.94 bits per heavy atom. The van der Waals surface area contributed by atoms with Crippen molar-refractivity contribution >= 4 is 21.8 Å². The number of aromatic nitrogens is 2. The molecule has 4 nitrogen and oxygen atoms in total. The van der Waals surface area contributed by atoms with Crippen molar-refractivity contribution in [2.24, 2.45) is 0 Å². The fraction of sp³-hybridized carbons (Fsp3) is 0.231. The van der Waals surface area contributed by atoms with Crippen molar-refractivity contribution in [3.8, 4) is 0 Å². The molecule has 0 aliphatic rings. The van der Waals surface area contributed by atoms with E-state index in [4.69, 9.17) is 0 Å². The Kier molecular flexibility index (Phi) is 3.81. The first-order chi connectivity index (χ1) is 8.59. The summed E-state index contributed by atoms with van der Waals surface area (Å²) in [7, 11) is 1.79. The number of hydrogen-bond acceptors (Lipinski definition) is 2. The molecule has 5 heteroatoms. The molecule has 0 radical (unpaired) electrons. The van der Waals surface area contributed by atoms with Gasteiger partial charge in [0.25, 0.3) is 5.91 Å². The molecular formula is C13H14BrN3O. The second-order valence-corrected chi connectivity index (χ2v) is 5.03. The van der Waals surface area contributed by atoms with Gasteiger partial charge in [-0.05, 0) is 24.6 Å². The Balaban J connectivity index is 2.18. The normalized spacial score (nSPS) is 10.4. The van der Waals surface area contributed by atoms with Crippen LogP contribution < -0.4 is 0 Å². The Bertz CT molecular complexity index is 551. The van der Waals surface area contributed by atoms with Gasteiger partial charge in [0.15, 0.2) is 0 Å². The summed E-state index contributed by atoms with van der Waals surface area (Å²) in [5.41, 5.74) is 2.66. The van der Waals surface area contributed by atoms with Gasteiger partial charge >= 0.3 is 0 Å². The van der Waals surface area contributed by atoms with Crippen LogP contribution in [0.1, 0.15) is 21.5 Å². The molecule has 2 aromatic rings. The van der Waals surface area contributed by atoms with Gasteiger partial charge in [-0.25, -0.2) is 0 Å². The monoisotopic (exact) mass is 307 g/mol. The Labute approximate surface area is 114 Å². The summed E-state index contributed by atoms with van der Waals surface area (Å²) in [5.74, 6) is 0.00926. The molecule has 2 rings (SSSR count). The van der Waals surface area contributed by atoms with Crippen molar-refractivity contribution in [3.05, 3.63) is 51.8 Å². The molecule has 0 aliphatic heterocycles. The lowest BCUT2D eigenvalue weighted by molar-refractivity contribution is 0.0784. The average Bonchev–Trinajstić information content (AvgIpc) is 2.84. The lowest BCUT2D eigenvalue weighted by Crippen LogP contribution is -2.26. The molecule has 0 aliphatic carbocycles. The number of carbonyl (C=O) groups excluding carboxylic acids is 1. The van der Waals surface area contributed by atoms with E-state index in [1.54, 1.807) is 24.3 Å². The predicted octanol–water partition coefficient (Wildman–Crippen LogP) is 2.75. The maximum Gasteiger partial charge on any atom is 0.254 e. The van der Waals surface area contributed by atoms with E-state index in [1.165, 1.54) is 0 Å². The number of nitrogens with one attached hydrogen (secondary N) is 1. The highest BCUT2D eigenvalue weighted by molar-refractivity contribution is 9.10. The summed E-state index contributed by atoms with van der Waals surface area (Å²) in [6.07, 6.45) is 3.51.